The molecule has 1 aromatic rings. The van der Waals surface area contributed by atoms with Gasteiger partial charge >= 0.3 is 5.97 Å². The molecule has 0 radical (unpaired) electrons. The summed E-state index contributed by atoms with van der Waals surface area (Å²) in [5.74, 6) is -2.35. The van der Waals surface area contributed by atoms with E-state index in [2.05, 4.69) is 5.32 Å². The molecule has 0 aliphatic rings. The molecule has 0 saturated carbocycles. The number of carbonyl (C=O) groups is 2. The van der Waals surface area contributed by atoms with Gasteiger partial charge in [0.25, 0.3) is 0 Å². The molecule has 0 aliphatic carbocycles. The van der Waals surface area contributed by atoms with Crippen LogP contribution in [0.15, 0.2) is 29.2 Å². The molecule has 2 N–H and O–H groups in total. The third-order valence-electron chi connectivity index (χ3n) is 3.65. The Hall–Kier alpha value is -2.00. The summed E-state index contributed by atoms with van der Waals surface area (Å²) >= 11 is 0. The first-order valence-corrected chi connectivity index (χ1v) is 9.23. The van der Waals surface area contributed by atoms with Crippen LogP contribution < -0.4 is 5.32 Å². The molecule has 1 aromatic carbocycles. The number of nitrogens with zero attached hydrogens (tertiary/aromatic N) is 1. The van der Waals surface area contributed by atoms with Crippen LogP contribution in [0.1, 0.15) is 26.7 Å². The normalized spacial score (nSPS) is 13.0. The minimum atomic E-state index is -3.76. The molecule has 25 heavy (non-hydrogen) atoms. The Balaban J connectivity index is 2.56. The largest absolute Gasteiger partial charge is 0.480 e. The molecule has 7 nitrogen and oxygen atoms in total. The van der Waals surface area contributed by atoms with Crippen LogP contribution in [0.25, 0.3) is 0 Å². The number of amides is 1. The van der Waals surface area contributed by atoms with Crippen molar-refractivity contribution >= 4 is 21.9 Å². The van der Waals surface area contributed by atoms with Crippen molar-refractivity contribution in [2.75, 3.05) is 13.6 Å². The van der Waals surface area contributed by atoms with Gasteiger partial charge in [-0.15, -0.1) is 0 Å². The predicted octanol–water partition coefficient (Wildman–Crippen LogP) is 1.45. The lowest BCUT2D eigenvalue weighted by atomic mass is 10.0. The molecule has 0 saturated heterocycles. The fourth-order valence-corrected chi connectivity index (χ4v) is 3.34. The Kier molecular flexibility index (Phi) is 7.50. The molecule has 1 amide bonds. The van der Waals surface area contributed by atoms with Crippen LogP contribution >= 0.6 is 0 Å². The molecule has 0 aliphatic heterocycles. The molecule has 9 heteroatoms. The number of halogens is 1. The third kappa shape index (κ3) is 6.09. The molecule has 0 heterocycles. The van der Waals surface area contributed by atoms with E-state index in [0.29, 0.717) is 0 Å². The fourth-order valence-electron chi connectivity index (χ4n) is 2.13. The zero-order valence-electron chi connectivity index (χ0n) is 14.4. The van der Waals surface area contributed by atoms with E-state index in [1.807, 2.05) is 0 Å². The number of benzene rings is 1. The van der Waals surface area contributed by atoms with Crippen LogP contribution in [0.2, 0.25) is 0 Å². The Bertz CT molecular complexity index is 704. The molecule has 140 valence electrons. The van der Waals surface area contributed by atoms with E-state index in [-0.39, 0.29) is 30.2 Å². The maximum Gasteiger partial charge on any atom is 0.326 e. The number of nitrogens with one attached hydrogen (secondary N) is 1. The lowest BCUT2D eigenvalue weighted by Crippen LogP contribution is -2.44. The van der Waals surface area contributed by atoms with Crippen molar-refractivity contribution in [1.82, 2.24) is 9.62 Å². The van der Waals surface area contributed by atoms with Crippen molar-refractivity contribution in [3.8, 4) is 0 Å². The van der Waals surface area contributed by atoms with Crippen molar-refractivity contribution in [1.29, 1.82) is 0 Å². The second-order valence-corrected chi connectivity index (χ2v) is 8.06. The van der Waals surface area contributed by atoms with Crippen LogP contribution in [0.5, 0.6) is 0 Å². The first kappa shape index (κ1) is 21.0. The lowest BCUT2D eigenvalue weighted by Gasteiger charge is -2.19. The second kappa shape index (κ2) is 8.91. The summed E-state index contributed by atoms with van der Waals surface area (Å²) in [6, 6.07) is 3.49. The van der Waals surface area contributed by atoms with Crippen LogP contribution in [0.3, 0.4) is 0 Å². The summed E-state index contributed by atoms with van der Waals surface area (Å²) < 4.78 is 38.6. The van der Waals surface area contributed by atoms with E-state index >= 15 is 0 Å². The molecular formula is C16H23FN2O5S. The number of hydrogen-bond acceptors (Lipinski definition) is 4. The van der Waals surface area contributed by atoms with E-state index < -0.39 is 33.8 Å². The molecule has 0 fully saturated rings. The van der Waals surface area contributed by atoms with Crippen LogP contribution in [-0.2, 0) is 19.6 Å². The van der Waals surface area contributed by atoms with E-state index in [0.717, 1.165) is 16.4 Å². The van der Waals surface area contributed by atoms with Gasteiger partial charge in [0.15, 0.2) is 0 Å². The zero-order chi connectivity index (χ0) is 19.2. The summed E-state index contributed by atoms with van der Waals surface area (Å²) in [6.07, 6.45) is 0.229. The standard InChI is InChI=1S/C16H23FN2O5S/c1-11(2)15(16(21)22)18-14(20)5-4-10-19(3)25(23,24)13-8-6-12(17)7-9-13/h6-9,11,15H,4-5,10H2,1-3H3,(H,18,20)(H,21,22). The summed E-state index contributed by atoms with van der Waals surface area (Å²) in [5, 5.41) is 11.4. The van der Waals surface area contributed by atoms with Gasteiger partial charge in [-0.05, 0) is 36.6 Å². The minimum Gasteiger partial charge on any atom is -0.480 e. The van der Waals surface area contributed by atoms with Crippen LogP contribution in [-0.4, -0.2) is 49.3 Å². The highest BCUT2D eigenvalue weighted by Gasteiger charge is 2.24. The van der Waals surface area contributed by atoms with E-state index in [4.69, 9.17) is 5.11 Å². The number of hydrogen-bond donors (Lipinski definition) is 2. The highest BCUT2D eigenvalue weighted by molar-refractivity contribution is 7.89. The Labute approximate surface area is 146 Å². The fraction of sp³-hybridized carbons (Fsp3) is 0.500. The number of aliphatic carboxylic acids is 1. The zero-order valence-corrected chi connectivity index (χ0v) is 15.2. The molecule has 1 unspecified atom stereocenters. The van der Waals surface area contributed by atoms with Gasteiger partial charge in [-0.1, -0.05) is 13.8 Å². The number of carboxylic acids is 1. The van der Waals surface area contributed by atoms with Gasteiger partial charge in [0.05, 0.1) is 4.90 Å². The summed E-state index contributed by atoms with van der Waals surface area (Å²) in [7, 11) is -2.40. The molecule has 1 rings (SSSR count). The van der Waals surface area contributed by atoms with Crippen LogP contribution in [0, 0.1) is 11.7 Å². The highest BCUT2D eigenvalue weighted by Crippen LogP contribution is 2.15. The van der Waals surface area contributed by atoms with Gasteiger partial charge < -0.3 is 10.4 Å². The molecule has 1 atom stereocenters. The maximum absolute atomic E-state index is 12.9. The van der Waals surface area contributed by atoms with Gasteiger partial charge in [-0.25, -0.2) is 21.9 Å². The van der Waals surface area contributed by atoms with E-state index in [1.165, 1.54) is 19.2 Å². The van der Waals surface area contributed by atoms with E-state index in [9.17, 15) is 22.4 Å². The van der Waals surface area contributed by atoms with Crippen LogP contribution in [0.4, 0.5) is 4.39 Å². The van der Waals surface area contributed by atoms with Crippen molar-refractivity contribution in [3.63, 3.8) is 0 Å². The molecule has 0 bridgehead atoms. The molecular weight excluding hydrogens is 351 g/mol. The summed E-state index contributed by atoms with van der Waals surface area (Å²) in [4.78, 5) is 22.8. The first-order chi connectivity index (χ1) is 11.6. The monoisotopic (exact) mass is 374 g/mol. The Morgan fingerprint density at radius 1 is 1.24 bits per heavy atom. The lowest BCUT2D eigenvalue weighted by molar-refractivity contribution is -0.143. The molecule has 0 aromatic heterocycles. The summed E-state index contributed by atoms with van der Waals surface area (Å²) in [6.45, 7) is 3.44. The number of carbonyl (C=O) groups excluding carboxylic acids is 1. The van der Waals surface area contributed by atoms with Crippen molar-refractivity contribution in [2.24, 2.45) is 5.92 Å². The van der Waals surface area contributed by atoms with Crippen molar-refractivity contribution in [2.45, 2.75) is 37.6 Å². The van der Waals surface area contributed by atoms with Gasteiger partial charge in [-0.2, -0.15) is 0 Å². The predicted molar refractivity (Wildman–Crippen MR) is 89.9 cm³/mol. The van der Waals surface area contributed by atoms with E-state index in [1.54, 1.807) is 13.8 Å². The second-order valence-electron chi connectivity index (χ2n) is 6.01. The Morgan fingerprint density at radius 2 is 1.80 bits per heavy atom. The summed E-state index contributed by atoms with van der Waals surface area (Å²) in [5.41, 5.74) is 0. The number of carboxylic acid groups (broad SMARTS) is 1. The SMILES string of the molecule is CC(C)C(NC(=O)CCCN(C)S(=O)(=O)c1ccc(F)cc1)C(=O)O. The maximum atomic E-state index is 12.9. The smallest absolute Gasteiger partial charge is 0.326 e. The van der Waals surface area contributed by atoms with Crippen molar-refractivity contribution < 1.29 is 27.5 Å². The average molecular weight is 374 g/mol. The van der Waals surface area contributed by atoms with Gasteiger partial charge in [0, 0.05) is 20.0 Å². The highest BCUT2D eigenvalue weighted by atomic mass is 32.2. The third-order valence-corrected chi connectivity index (χ3v) is 5.52. The van der Waals surface area contributed by atoms with Gasteiger partial charge in [0.1, 0.15) is 11.9 Å². The number of sulfonamides is 1. The average Bonchev–Trinajstić information content (AvgIpc) is 2.52. The quantitative estimate of drug-likeness (QED) is 0.681. The number of rotatable bonds is 9. The van der Waals surface area contributed by atoms with Gasteiger partial charge in [-0.3, -0.25) is 4.79 Å². The minimum absolute atomic E-state index is 0.000220. The van der Waals surface area contributed by atoms with Gasteiger partial charge in [0.2, 0.25) is 15.9 Å². The molecule has 0 spiro atoms. The topological polar surface area (TPSA) is 104 Å². The Morgan fingerprint density at radius 3 is 2.28 bits per heavy atom. The van der Waals surface area contributed by atoms with Crippen molar-refractivity contribution in [3.05, 3.63) is 30.1 Å². The first-order valence-electron chi connectivity index (χ1n) is 7.79.